The van der Waals surface area contributed by atoms with Crippen molar-refractivity contribution in [2.75, 3.05) is 25.0 Å². The molecule has 3 nitrogen and oxygen atoms in total. The molecule has 4 N–H and O–H groups in total. The molecule has 0 bridgehead atoms. The van der Waals surface area contributed by atoms with Crippen LogP contribution in [0, 0.1) is 0 Å². The Morgan fingerprint density at radius 2 is 1.00 bits per heavy atom. The number of rotatable bonds is 0. The van der Waals surface area contributed by atoms with Crippen molar-refractivity contribution in [3.8, 4) is 0 Å². The summed E-state index contributed by atoms with van der Waals surface area (Å²) in [7, 11) is -0.917. The van der Waals surface area contributed by atoms with E-state index in [4.69, 9.17) is 10.0 Å². The molecule has 0 aromatic heterocycles. The van der Waals surface area contributed by atoms with Crippen LogP contribution in [-0.4, -0.2) is 99.6 Å². The van der Waals surface area contributed by atoms with Crippen LogP contribution in [0.15, 0.2) is 0 Å². The van der Waals surface area contributed by atoms with Crippen molar-refractivity contribution in [3.05, 3.63) is 0 Å². The Bertz CT molecular complexity index is 44.3. The van der Waals surface area contributed by atoms with Crippen molar-refractivity contribution in [1.29, 1.82) is 0 Å². The summed E-state index contributed by atoms with van der Waals surface area (Å²) in [6.07, 6.45) is 9.08. The van der Waals surface area contributed by atoms with Gasteiger partial charge in [-0.15, -0.1) is 0 Å². The van der Waals surface area contributed by atoms with Crippen LogP contribution >= 0.6 is 10.0 Å². The molecule has 0 aliphatic heterocycles. The van der Waals surface area contributed by atoms with E-state index in [9.17, 15) is 0 Å². The summed E-state index contributed by atoms with van der Waals surface area (Å²) in [6.45, 7) is 0. The van der Waals surface area contributed by atoms with Crippen molar-refractivity contribution < 1.29 is 15.5 Å². The maximum absolute atomic E-state index is 7.12. The fourth-order valence-corrected chi connectivity index (χ4v) is 0. The summed E-state index contributed by atoms with van der Waals surface area (Å²) in [6, 6.07) is 0. The van der Waals surface area contributed by atoms with Crippen molar-refractivity contribution in [1.82, 2.24) is 0 Å². The van der Waals surface area contributed by atoms with Crippen molar-refractivity contribution in [3.63, 3.8) is 0 Å². The van der Waals surface area contributed by atoms with Gasteiger partial charge in [-0.05, 0) is 25.0 Å². The van der Waals surface area contributed by atoms with Gasteiger partial charge in [0.05, 0.1) is 0 Å². The normalized spacial score (nSPS) is 9.00. The van der Waals surface area contributed by atoms with E-state index in [1.54, 1.807) is 0 Å². The van der Waals surface area contributed by atoms with E-state index in [-0.39, 0.29) is 66.9 Å². The molecular formula is C4H18BKO3S. The quantitative estimate of drug-likeness (QED) is 0.443. The zero-order valence-corrected chi connectivity index (χ0v) is 7.33. The van der Waals surface area contributed by atoms with Crippen LogP contribution in [0.3, 0.4) is 0 Å². The van der Waals surface area contributed by atoms with Crippen LogP contribution in [0.2, 0.25) is 0 Å². The van der Waals surface area contributed by atoms with Gasteiger partial charge in [-0.1, -0.05) is 0 Å². The summed E-state index contributed by atoms with van der Waals surface area (Å²) < 4.78 is 0. The van der Waals surface area contributed by atoms with Crippen LogP contribution in [-0.2, 0) is 0 Å². The second-order valence-electron chi connectivity index (χ2n) is 2.59. The first-order valence-electron chi connectivity index (χ1n) is 2.27. The molecule has 0 aromatic carbocycles. The van der Waals surface area contributed by atoms with Crippen molar-refractivity contribution >= 4 is 69.1 Å². The summed E-state index contributed by atoms with van der Waals surface area (Å²) in [5.41, 5.74) is 0. The van der Waals surface area contributed by atoms with E-state index in [1.165, 1.54) is 0 Å². The Hall–Kier alpha value is 1.93. The minimum absolute atomic E-state index is 0. The van der Waals surface area contributed by atoms with E-state index in [0.29, 0.717) is 0 Å². The van der Waals surface area contributed by atoms with E-state index < -0.39 is 7.69 Å². The number of hydrogen-bond acceptors (Lipinski definition) is 2. The van der Waals surface area contributed by atoms with Crippen molar-refractivity contribution in [2.24, 2.45) is 0 Å². The zero-order chi connectivity index (χ0) is 7.21. The third kappa shape index (κ3) is 212. The minimum atomic E-state index is -0.750. The molecule has 0 rings (SSSR count). The Balaban J connectivity index is -0.0000000326. The van der Waals surface area contributed by atoms with E-state index in [0.717, 1.165) is 0 Å². The molecule has 0 unspecified atom stereocenters. The maximum atomic E-state index is 7.12. The first-order valence-corrected chi connectivity index (χ1v) is 5.53. The van der Waals surface area contributed by atoms with Gasteiger partial charge in [-0.2, -0.15) is 0 Å². The van der Waals surface area contributed by atoms with E-state index in [1.807, 2.05) is 0 Å². The third-order valence-corrected chi connectivity index (χ3v) is 0. The Morgan fingerprint density at radius 3 is 1.00 bits per heavy atom. The Morgan fingerprint density at radius 1 is 1.00 bits per heavy atom. The van der Waals surface area contributed by atoms with Crippen LogP contribution in [0.4, 0.5) is 0 Å². The predicted molar refractivity (Wildman–Crippen MR) is 53.6 cm³/mol. The molecular weight excluding hydrogens is 178 g/mol. The number of hydrogen-bond donors (Lipinski definition) is 2. The molecule has 0 aromatic rings. The summed E-state index contributed by atoms with van der Waals surface area (Å²) in [5.74, 6) is 0. The second kappa shape index (κ2) is 13.5. The Labute approximate surface area is 108 Å². The summed E-state index contributed by atoms with van der Waals surface area (Å²) in [5, 5.41) is 14.2. The van der Waals surface area contributed by atoms with Crippen LogP contribution in [0.25, 0.3) is 0 Å². The monoisotopic (exact) mass is 196 g/mol. The summed E-state index contributed by atoms with van der Waals surface area (Å²) in [4.78, 5) is 0. The van der Waals surface area contributed by atoms with E-state index in [2.05, 4.69) is 25.0 Å². The fraction of sp³-hybridized carbons (Fsp3) is 1.00. The van der Waals surface area contributed by atoms with Gasteiger partial charge in [0.1, 0.15) is 0 Å². The van der Waals surface area contributed by atoms with Gasteiger partial charge in [-0.25, -0.2) is 0 Å². The Kier molecular flexibility index (Phi) is 30.6. The molecule has 0 saturated heterocycles. The van der Waals surface area contributed by atoms with Gasteiger partial charge >= 0.3 is 59.1 Å². The molecule has 0 aliphatic rings. The molecule has 0 aliphatic carbocycles. The first-order chi connectivity index (χ1) is 3.41. The molecule has 0 radical (unpaired) electrons. The van der Waals surface area contributed by atoms with Crippen LogP contribution in [0.5, 0.6) is 0 Å². The van der Waals surface area contributed by atoms with E-state index >= 15 is 0 Å². The van der Waals surface area contributed by atoms with Gasteiger partial charge in [0.25, 0.3) is 0 Å². The van der Waals surface area contributed by atoms with Crippen LogP contribution in [0.1, 0.15) is 0 Å². The average Bonchev–Trinajstić information content (AvgIpc) is 1.27. The molecule has 0 heterocycles. The molecule has 0 fully saturated rings. The molecule has 0 spiro atoms. The molecule has 0 amide bonds. The molecule has 0 atom stereocenters. The zero-order valence-electron chi connectivity index (χ0n) is 6.51. The average molecular weight is 196 g/mol. The predicted octanol–water partition coefficient (Wildman–Crippen LogP) is -1.93. The van der Waals surface area contributed by atoms with Crippen molar-refractivity contribution in [2.45, 2.75) is 0 Å². The SMILES string of the molecule is CS(C)(C)C.O.OBO.[KH]. The second-order valence-corrected chi connectivity index (χ2v) is 7.49. The molecule has 62 valence electrons. The van der Waals surface area contributed by atoms with Gasteiger partial charge in [0.15, 0.2) is 0 Å². The molecule has 10 heavy (non-hydrogen) atoms. The first kappa shape index (κ1) is 22.7. The van der Waals surface area contributed by atoms with Crippen LogP contribution < -0.4 is 0 Å². The van der Waals surface area contributed by atoms with Gasteiger partial charge in [0, 0.05) is 0 Å². The topological polar surface area (TPSA) is 72.0 Å². The fourth-order valence-electron chi connectivity index (χ4n) is 0. The van der Waals surface area contributed by atoms with Gasteiger partial charge in [0.2, 0.25) is 0 Å². The third-order valence-electron chi connectivity index (χ3n) is 0. The molecule has 0 saturated carbocycles. The summed E-state index contributed by atoms with van der Waals surface area (Å²) >= 11 is 0. The van der Waals surface area contributed by atoms with Gasteiger partial charge in [-0.3, -0.25) is 10.0 Å². The standard InChI is InChI=1S/C4H12S.BH3O2.K.H2O.H/c1-5(2,3)4;2-1-3;;;/h1-4H3;1-3H;;1H2;. The van der Waals surface area contributed by atoms with Gasteiger partial charge < -0.3 is 15.5 Å². The molecule has 6 heteroatoms.